The van der Waals surface area contributed by atoms with Crippen molar-refractivity contribution in [2.24, 2.45) is 5.92 Å². The number of thiophene rings is 1. The fraction of sp³-hybridized carbons (Fsp3) is 0.632. The minimum absolute atomic E-state index is 0.0665. The molecule has 3 rings (SSSR count). The van der Waals surface area contributed by atoms with E-state index in [2.05, 4.69) is 14.9 Å². The molecule has 1 amide bonds. The Morgan fingerprint density at radius 2 is 2.26 bits per heavy atom. The molecule has 1 fully saturated rings. The van der Waals surface area contributed by atoms with Gasteiger partial charge in [-0.15, -0.1) is 11.3 Å². The summed E-state index contributed by atoms with van der Waals surface area (Å²) >= 11 is 1.41. The van der Waals surface area contributed by atoms with Crippen LogP contribution in [0.15, 0.2) is 16.2 Å². The number of nitrogens with one attached hydrogen (secondary N) is 1. The third-order valence-electron chi connectivity index (χ3n) is 4.58. The van der Waals surface area contributed by atoms with E-state index in [4.69, 9.17) is 4.74 Å². The van der Waals surface area contributed by atoms with E-state index in [1.54, 1.807) is 11.9 Å². The van der Waals surface area contributed by atoms with Gasteiger partial charge in [-0.25, -0.2) is 9.78 Å². The predicted molar refractivity (Wildman–Crippen MR) is 107 cm³/mol. The summed E-state index contributed by atoms with van der Waals surface area (Å²) in [5.41, 5.74) is 0.210. The first-order valence-electron chi connectivity index (χ1n) is 9.34. The van der Waals surface area contributed by atoms with Gasteiger partial charge in [0.15, 0.2) is 0 Å². The number of amides is 1. The molecule has 8 heteroatoms. The maximum absolute atomic E-state index is 12.2. The van der Waals surface area contributed by atoms with Crippen LogP contribution in [0.4, 0.5) is 4.79 Å². The second-order valence-corrected chi connectivity index (χ2v) is 9.17. The van der Waals surface area contributed by atoms with Crippen LogP contribution in [0.2, 0.25) is 0 Å². The minimum Gasteiger partial charge on any atom is -0.444 e. The number of hydrogen-bond acceptors (Lipinski definition) is 6. The fourth-order valence-corrected chi connectivity index (χ4v) is 4.18. The first kappa shape index (κ1) is 19.8. The number of aromatic nitrogens is 2. The summed E-state index contributed by atoms with van der Waals surface area (Å²) in [6.07, 6.45) is 1.86. The third kappa shape index (κ3) is 5.29. The fourth-order valence-electron chi connectivity index (χ4n) is 3.45. The van der Waals surface area contributed by atoms with E-state index in [1.165, 1.54) is 11.3 Å². The summed E-state index contributed by atoms with van der Waals surface area (Å²) in [6, 6.07) is 1.88. The average Bonchev–Trinajstić information content (AvgIpc) is 3.02. The molecule has 0 bridgehead atoms. The summed E-state index contributed by atoms with van der Waals surface area (Å²) in [4.78, 5) is 35.8. The van der Waals surface area contributed by atoms with Crippen LogP contribution in [0.25, 0.3) is 10.2 Å². The molecular formula is C19H28N4O3S. The van der Waals surface area contributed by atoms with Crippen molar-refractivity contribution in [3.63, 3.8) is 0 Å². The number of carbonyl (C=O) groups is 1. The van der Waals surface area contributed by atoms with Crippen LogP contribution < -0.4 is 5.56 Å². The number of carbonyl (C=O) groups excluding carboxylic acids is 1. The number of ether oxygens (including phenoxy) is 1. The van der Waals surface area contributed by atoms with Gasteiger partial charge < -0.3 is 14.6 Å². The Balaban J connectivity index is 1.58. The lowest BCUT2D eigenvalue weighted by atomic mass is 9.97. The van der Waals surface area contributed by atoms with Gasteiger partial charge >= 0.3 is 6.09 Å². The van der Waals surface area contributed by atoms with Crippen LogP contribution in [-0.2, 0) is 11.3 Å². The topological polar surface area (TPSA) is 78.5 Å². The lowest BCUT2D eigenvalue weighted by Crippen LogP contribution is -2.43. The van der Waals surface area contributed by atoms with Crippen molar-refractivity contribution in [3.05, 3.63) is 27.6 Å². The van der Waals surface area contributed by atoms with Gasteiger partial charge in [0, 0.05) is 20.1 Å². The normalized spacial score (nSPS) is 18.6. The molecule has 2 aromatic rings. The highest BCUT2D eigenvalue weighted by Crippen LogP contribution is 2.20. The van der Waals surface area contributed by atoms with Crippen molar-refractivity contribution in [2.75, 3.05) is 26.7 Å². The zero-order chi connectivity index (χ0) is 19.6. The monoisotopic (exact) mass is 392 g/mol. The molecule has 2 aromatic heterocycles. The van der Waals surface area contributed by atoms with Crippen LogP contribution in [0.1, 0.15) is 39.4 Å². The molecule has 0 aliphatic carbocycles. The van der Waals surface area contributed by atoms with E-state index in [0.717, 1.165) is 31.4 Å². The Bertz CT molecular complexity index is 854. The number of aromatic amines is 1. The van der Waals surface area contributed by atoms with Gasteiger partial charge in [0.25, 0.3) is 5.56 Å². The van der Waals surface area contributed by atoms with Crippen LogP contribution in [-0.4, -0.2) is 58.1 Å². The number of H-pyrrole nitrogens is 1. The molecule has 0 spiro atoms. The Kier molecular flexibility index (Phi) is 5.86. The van der Waals surface area contributed by atoms with Crippen molar-refractivity contribution in [2.45, 2.75) is 45.8 Å². The summed E-state index contributed by atoms with van der Waals surface area (Å²) in [6.45, 7) is 8.75. The SMILES string of the molecule is CN(CC1CCCN(Cc2nc3ccsc3c(=O)[nH]2)C1)C(=O)OC(C)(C)C. The van der Waals surface area contributed by atoms with E-state index in [0.29, 0.717) is 29.5 Å². The van der Waals surface area contributed by atoms with Crippen molar-refractivity contribution in [3.8, 4) is 0 Å². The quantitative estimate of drug-likeness (QED) is 0.865. The molecule has 0 saturated carbocycles. The van der Waals surface area contributed by atoms with Crippen molar-refractivity contribution >= 4 is 27.6 Å². The Hall–Kier alpha value is -1.93. The highest BCUT2D eigenvalue weighted by atomic mass is 32.1. The van der Waals surface area contributed by atoms with Gasteiger partial charge in [-0.05, 0) is 57.5 Å². The third-order valence-corrected chi connectivity index (χ3v) is 5.48. The highest BCUT2D eigenvalue weighted by Gasteiger charge is 2.25. The average molecular weight is 393 g/mol. The largest absolute Gasteiger partial charge is 0.444 e. The van der Waals surface area contributed by atoms with E-state index >= 15 is 0 Å². The van der Waals surface area contributed by atoms with Crippen LogP contribution in [0.3, 0.4) is 0 Å². The maximum atomic E-state index is 12.2. The van der Waals surface area contributed by atoms with Crippen LogP contribution in [0, 0.1) is 5.92 Å². The van der Waals surface area contributed by atoms with E-state index in [9.17, 15) is 9.59 Å². The van der Waals surface area contributed by atoms with Crippen molar-refractivity contribution in [1.82, 2.24) is 19.8 Å². The standard InChI is InChI=1S/C19H28N4O3S/c1-19(2,3)26-18(25)22(4)10-13-6-5-8-23(11-13)12-15-20-14-7-9-27-16(14)17(24)21-15/h7,9,13H,5-6,8,10-12H2,1-4H3,(H,20,21,24). The van der Waals surface area contributed by atoms with Crippen molar-refractivity contribution in [1.29, 1.82) is 0 Å². The summed E-state index contributed by atoms with van der Waals surface area (Å²) in [7, 11) is 1.79. The van der Waals surface area contributed by atoms with Crippen LogP contribution >= 0.6 is 11.3 Å². The first-order valence-corrected chi connectivity index (χ1v) is 10.2. The molecule has 27 heavy (non-hydrogen) atoms. The van der Waals surface area contributed by atoms with Crippen LogP contribution in [0.5, 0.6) is 0 Å². The van der Waals surface area contributed by atoms with Gasteiger partial charge in [0.2, 0.25) is 0 Å². The zero-order valence-electron chi connectivity index (χ0n) is 16.4. The molecule has 148 valence electrons. The molecule has 1 unspecified atom stereocenters. The summed E-state index contributed by atoms with van der Waals surface area (Å²) < 4.78 is 6.11. The maximum Gasteiger partial charge on any atom is 0.410 e. The number of piperidine rings is 1. The highest BCUT2D eigenvalue weighted by molar-refractivity contribution is 7.17. The lowest BCUT2D eigenvalue weighted by molar-refractivity contribution is 0.0241. The first-order chi connectivity index (χ1) is 12.7. The second kappa shape index (κ2) is 7.98. The number of fused-ring (bicyclic) bond motifs is 1. The number of rotatable bonds is 4. The number of likely N-dealkylation sites (tertiary alicyclic amines) is 1. The lowest BCUT2D eigenvalue weighted by Gasteiger charge is -2.34. The van der Waals surface area contributed by atoms with E-state index in [-0.39, 0.29) is 11.7 Å². The molecule has 1 aliphatic heterocycles. The molecule has 0 aromatic carbocycles. The van der Waals surface area contributed by atoms with Gasteiger partial charge in [0.1, 0.15) is 16.1 Å². The molecule has 7 nitrogen and oxygen atoms in total. The zero-order valence-corrected chi connectivity index (χ0v) is 17.3. The van der Waals surface area contributed by atoms with Gasteiger partial charge in [-0.2, -0.15) is 0 Å². The molecule has 1 saturated heterocycles. The Labute approximate surface area is 163 Å². The van der Waals surface area contributed by atoms with Gasteiger partial charge in [-0.3, -0.25) is 9.69 Å². The van der Waals surface area contributed by atoms with E-state index in [1.807, 2.05) is 32.2 Å². The summed E-state index contributed by atoms with van der Waals surface area (Å²) in [5.74, 6) is 1.08. The minimum atomic E-state index is -0.484. The Morgan fingerprint density at radius 1 is 1.48 bits per heavy atom. The number of nitrogens with zero attached hydrogens (tertiary/aromatic N) is 3. The molecule has 1 atom stereocenters. The second-order valence-electron chi connectivity index (χ2n) is 8.25. The predicted octanol–water partition coefficient (Wildman–Crippen LogP) is 3.06. The Morgan fingerprint density at radius 3 is 3.00 bits per heavy atom. The summed E-state index contributed by atoms with van der Waals surface area (Å²) in [5, 5.41) is 1.89. The molecule has 1 aliphatic rings. The molecular weight excluding hydrogens is 364 g/mol. The van der Waals surface area contributed by atoms with E-state index < -0.39 is 5.60 Å². The van der Waals surface area contributed by atoms with Gasteiger partial charge in [0.05, 0.1) is 12.1 Å². The smallest absolute Gasteiger partial charge is 0.410 e. The molecule has 1 N–H and O–H groups in total. The molecule has 3 heterocycles. The van der Waals surface area contributed by atoms with Gasteiger partial charge in [-0.1, -0.05) is 0 Å². The molecule has 0 radical (unpaired) electrons. The van der Waals surface area contributed by atoms with Crippen molar-refractivity contribution < 1.29 is 9.53 Å². The number of hydrogen-bond donors (Lipinski definition) is 1.